The Bertz CT molecular complexity index is 868. The number of imidazole rings is 1. The van der Waals surface area contributed by atoms with Gasteiger partial charge in [0.2, 0.25) is 5.95 Å². The Morgan fingerprint density at radius 3 is 2.79 bits per heavy atom. The zero-order valence-corrected chi connectivity index (χ0v) is 17.4. The van der Waals surface area contributed by atoms with Crippen molar-refractivity contribution in [2.75, 3.05) is 46.2 Å². The minimum atomic E-state index is 0.687. The van der Waals surface area contributed by atoms with Crippen LogP contribution in [0.25, 0.3) is 5.57 Å². The van der Waals surface area contributed by atoms with Crippen LogP contribution in [0.4, 0.5) is 5.95 Å². The maximum absolute atomic E-state index is 5.35. The number of benzene rings is 1. The number of ether oxygens (including phenoxy) is 1. The molecule has 0 atom stereocenters. The maximum atomic E-state index is 5.35. The number of aromatic nitrogens is 2. The summed E-state index contributed by atoms with van der Waals surface area (Å²) in [5.41, 5.74) is 3.70. The summed E-state index contributed by atoms with van der Waals surface area (Å²) in [6.07, 6.45) is 5.16. The SMILES string of the molecule is CN=C(NCc1cnc(N(C)C)n1C)N1CC=C(c2cccc(OC)c2)CC1. The lowest BCUT2D eigenvalue weighted by Crippen LogP contribution is -2.43. The monoisotopic (exact) mass is 382 g/mol. The topological polar surface area (TPSA) is 57.9 Å². The Hall–Kier alpha value is -2.96. The van der Waals surface area contributed by atoms with Crippen molar-refractivity contribution in [1.82, 2.24) is 19.8 Å². The summed E-state index contributed by atoms with van der Waals surface area (Å²) in [6, 6.07) is 8.25. The van der Waals surface area contributed by atoms with E-state index in [1.54, 1.807) is 7.11 Å². The smallest absolute Gasteiger partial charge is 0.204 e. The number of hydrogen-bond acceptors (Lipinski definition) is 4. The first-order valence-electron chi connectivity index (χ1n) is 9.50. The highest BCUT2D eigenvalue weighted by Crippen LogP contribution is 2.25. The molecule has 0 unspecified atom stereocenters. The van der Waals surface area contributed by atoms with Crippen molar-refractivity contribution in [3.8, 4) is 5.75 Å². The van der Waals surface area contributed by atoms with Gasteiger partial charge in [0.25, 0.3) is 0 Å². The second kappa shape index (κ2) is 8.82. The van der Waals surface area contributed by atoms with E-state index in [9.17, 15) is 0 Å². The van der Waals surface area contributed by atoms with E-state index in [0.29, 0.717) is 6.54 Å². The fraction of sp³-hybridized carbons (Fsp3) is 0.429. The van der Waals surface area contributed by atoms with E-state index in [1.165, 1.54) is 11.1 Å². The molecule has 0 saturated carbocycles. The van der Waals surface area contributed by atoms with E-state index in [4.69, 9.17) is 4.74 Å². The molecule has 1 aliphatic rings. The van der Waals surface area contributed by atoms with Gasteiger partial charge in [-0.25, -0.2) is 4.98 Å². The number of guanidine groups is 1. The van der Waals surface area contributed by atoms with Crippen LogP contribution in [0, 0.1) is 0 Å². The van der Waals surface area contributed by atoms with Gasteiger partial charge in [0.1, 0.15) is 5.75 Å². The van der Waals surface area contributed by atoms with Crippen molar-refractivity contribution < 1.29 is 4.74 Å². The van der Waals surface area contributed by atoms with Crippen LogP contribution < -0.4 is 15.0 Å². The van der Waals surface area contributed by atoms with Gasteiger partial charge in [0, 0.05) is 41.3 Å². The molecule has 2 heterocycles. The highest BCUT2D eigenvalue weighted by atomic mass is 16.5. The van der Waals surface area contributed by atoms with Crippen molar-refractivity contribution in [3.63, 3.8) is 0 Å². The second-order valence-electron chi connectivity index (χ2n) is 7.06. The van der Waals surface area contributed by atoms with Crippen LogP contribution in [-0.2, 0) is 13.6 Å². The summed E-state index contributed by atoms with van der Waals surface area (Å²) >= 11 is 0. The van der Waals surface area contributed by atoms with E-state index in [2.05, 4.69) is 43.0 Å². The van der Waals surface area contributed by atoms with Crippen LogP contribution in [0.15, 0.2) is 41.5 Å². The van der Waals surface area contributed by atoms with Gasteiger partial charge in [-0.05, 0) is 29.7 Å². The average molecular weight is 383 g/mol. The molecule has 0 aliphatic carbocycles. The lowest BCUT2D eigenvalue weighted by Gasteiger charge is -2.30. The van der Waals surface area contributed by atoms with Gasteiger partial charge in [0.15, 0.2) is 5.96 Å². The first kappa shape index (κ1) is 19.8. The molecule has 28 heavy (non-hydrogen) atoms. The molecule has 0 radical (unpaired) electrons. The molecule has 0 spiro atoms. The van der Waals surface area contributed by atoms with Gasteiger partial charge in [-0.1, -0.05) is 18.2 Å². The minimum absolute atomic E-state index is 0.687. The van der Waals surface area contributed by atoms with Crippen molar-refractivity contribution >= 4 is 17.5 Å². The number of hydrogen-bond donors (Lipinski definition) is 1. The van der Waals surface area contributed by atoms with E-state index in [0.717, 1.165) is 42.9 Å². The van der Waals surface area contributed by atoms with Crippen LogP contribution in [0.3, 0.4) is 0 Å². The third-order valence-electron chi connectivity index (χ3n) is 5.05. The molecule has 1 aromatic carbocycles. The molecule has 7 heteroatoms. The molecule has 1 N–H and O–H groups in total. The number of aliphatic imine (C=N–C) groups is 1. The van der Waals surface area contributed by atoms with Gasteiger partial charge in [-0.15, -0.1) is 0 Å². The summed E-state index contributed by atoms with van der Waals surface area (Å²) in [6.45, 7) is 2.45. The van der Waals surface area contributed by atoms with Gasteiger partial charge in [-0.2, -0.15) is 0 Å². The predicted molar refractivity (Wildman–Crippen MR) is 115 cm³/mol. The molecule has 150 valence electrons. The van der Waals surface area contributed by atoms with E-state index >= 15 is 0 Å². The second-order valence-corrected chi connectivity index (χ2v) is 7.06. The number of nitrogens with zero attached hydrogens (tertiary/aromatic N) is 5. The molecule has 0 saturated heterocycles. The molecular weight excluding hydrogens is 352 g/mol. The lowest BCUT2D eigenvalue weighted by molar-refractivity contribution is 0.414. The Kier molecular flexibility index (Phi) is 6.23. The van der Waals surface area contributed by atoms with Gasteiger partial charge in [-0.3, -0.25) is 4.99 Å². The van der Waals surface area contributed by atoms with Crippen molar-refractivity contribution in [2.24, 2.45) is 12.0 Å². The molecular formula is C21H30N6O. The van der Waals surface area contributed by atoms with E-state index in [-0.39, 0.29) is 0 Å². The normalized spacial score (nSPS) is 14.7. The Balaban J connectivity index is 1.63. The number of nitrogens with one attached hydrogen (secondary N) is 1. The number of rotatable bonds is 5. The zero-order chi connectivity index (χ0) is 20.1. The van der Waals surface area contributed by atoms with Crippen LogP contribution in [0.1, 0.15) is 17.7 Å². The van der Waals surface area contributed by atoms with Crippen LogP contribution in [0.2, 0.25) is 0 Å². The third-order valence-corrected chi connectivity index (χ3v) is 5.05. The summed E-state index contributed by atoms with van der Waals surface area (Å²) in [4.78, 5) is 13.2. The summed E-state index contributed by atoms with van der Waals surface area (Å²) in [7, 11) is 9.57. The molecule has 1 aliphatic heterocycles. The first-order valence-corrected chi connectivity index (χ1v) is 9.50. The summed E-state index contributed by atoms with van der Waals surface area (Å²) in [5, 5.41) is 3.47. The standard InChI is InChI=1S/C21H30N6O/c1-22-20(23-14-18-15-24-21(25(2)3)26(18)4)27-11-9-16(10-12-27)17-7-6-8-19(13-17)28-5/h6-9,13,15H,10-12,14H2,1-5H3,(H,22,23). The van der Waals surface area contributed by atoms with Crippen LogP contribution in [0.5, 0.6) is 5.75 Å². The number of anilines is 1. The summed E-state index contributed by atoms with van der Waals surface area (Å²) in [5.74, 6) is 2.75. The quantitative estimate of drug-likeness (QED) is 0.636. The molecule has 0 amide bonds. The molecule has 7 nitrogen and oxygen atoms in total. The molecule has 0 bridgehead atoms. The maximum Gasteiger partial charge on any atom is 0.204 e. The van der Waals surface area contributed by atoms with Gasteiger partial charge >= 0.3 is 0 Å². The Morgan fingerprint density at radius 1 is 1.36 bits per heavy atom. The minimum Gasteiger partial charge on any atom is -0.497 e. The first-order chi connectivity index (χ1) is 13.5. The zero-order valence-electron chi connectivity index (χ0n) is 17.4. The highest BCUT2D eigenvalue weighted by molar-refractivity contribution is 5.81. The van der Waals surface area contributed by atoms with Crippen LogP contribution in [-0.4, -0.2) is 61.8 Å². The van der Waals surface area contributed by atoms with Crippen molar-refractivity contribution in [1.29, 1.82) is 0 Å². The van der Waals surface area contributed by atoms with Gasteiger partial charge in [0.05, 0.1) is 25.5 Å². The third kappa shape index (κ3) is 4.30. The fourth-order valence-corrected chi connectivity index (χ4v) is 3.46. The van der Waals surface area contributed by atoms with Crippen molar-refractivity contribution in [2.45, 2.75) is 13.0 Å². The molecule has 1 aromatic heterocycles. The number of methoxy groups -OCH3 is 1. The van der Waals surface area contributed by atoms with E-state index in [1.807, 2.05) is 51.4 Å². The summed E-state index contributed by atoms with van der Waals surface area (Å²) < 4.78 is 7.44. The largest absolute Gasteiger partial charge is 0.497 e. The lowest BCUT2D eigenvalue weighted by atomic mass is 9.99. The van der Waals surface area contributed by atoms with Gasteiger partial charge < -0.3 is 24.4 Å². The molecule has 0 fully saturated rings. The van der Waals surface area contributed by atoms with Crippen LogP contribution >= 0.6 is 0 Å². The highest BCUT2D eigenvalue weighted by Gasteiger charge is 2.17. The van der Waals surface area contributed by atoms with Crippen molar-refractivity contribution in [3.05, 3.63) is 47.8 Å². The predicted octanol–water partition coefficient (Wildman–Crippen LogP) is 2.36. The molecule has 3 rings (SSSR count). The fourth-order valence-electron chi connectivity index (χ4n) is 3.46. The molecule has 2 aromatic rings. The Labute approximate surface area is 167 Å². The Morgan fingerprint density at radius 2 is 2.18 bits per heavy atom. The average Bonchev–Trinajstić information content (AvgIpc) is 3.09. The van der Waals surface area contributed by atoms with E-state index < -0.39 is 0 Å².